The first-order valence-corrected chi connectivity index (χ1v) is 11.1. The minimum Gasteiger partial charge on any atom is -0.398 e. The van der Waals surface area contributed by atoms with Crippen LogP contribution in [-0.2, 0) is 14.4 Å². The van der Waals surface area contributed by atoms with Crippen LogP contribution in [0.2, 0.25) is 18.1 Å². The lowest BCUT2D eigenvalue weighted by Gasteiger charge is -2.37. The van der Waals surface area contributed by atoms with Gasteiger partial charge < -0.3 is 4.43 Å². The molecule has 0 aromatic heterocycles. The third-order valence-corrected chi connectivity index (χ3v) is 10.5. The van der Waals surface area contributed by atoms with Crippen LogP contribution in [0.25, 0.3) is 0 Å². The number of rotatable bonds is 3. The van der Waals surface area contributed by atoms with Crippen LogP contribution in [0.15, 0.2) is 29.2 Å². The van der Waals surface area contributed by atoms with E-state index in [1.54, 1.807) is 12.1 Å². The molecule has 1 aliphatic heterocycles. The van der Waals surface area contributed by atoms with Crippen molar-refractivity contribution in [1.29, 1.82) is 0 Å². The van der Waals surface area contributed by atoms with E-state index in [2.05, 4.69) is 20.8 Å². The highest BCUT2D eigenvalue weighted by molar-refractivity contribution is 7.90. The fraction of sp³-hybridized carbons (Fsp3) is 0.500. The normalized spacial score (nSPS) is 18.0. The summed E-state index contributed by atoms with van der Waals surface area (Å²) >= 11 is 0. The molecule has 21 heavy (non-hydrogen) atoms. The van der Waals surface area contributed by atoms with Crippen molar-refractivity contribution in [2.45, 2.75) is 43.8 Å². The molecule has 0 unspecified atom stereocenters. The third kappa shape index (κ3) is 2.65. The Bertz CT molecular complexity index is 676. The van der Waals surface area contributed by atoms with Gasteiger partial charge in [0.05, 0.1) is 5.56 Å². The van der Waals surface area contributed by atoms with E-state index in [1.807, 2.05) is 13.1 Å². The van der Waals surface area contributed by atoms with Gasteiger partial charge in [-0.25, -0.2) is 12.7 Å². The lowest BCUT2D eigenvalue weighted by molar-refractivity contribution is 0.0777. The molecule has 5 nitrogen and oxygen atoms in total. The van der Waals surface area contributed by atoms with Crippen LogP contribution < -0.4 is 0 Å². The summed E-state index contributed by atoms with van der Waals surface area (Å²) in [6, 6.07) is 6.25. The molecule has 1 aromatic carbocycles. The topological polar surface area (TPSA) is 63.7 Å². The molecule has 0 N–H and O–H groups in total. The number of fused-ring (bicyclic) bond motifs is 1. The van der Waals surface area contributed by atoms with Gasteiger partial charge in [-0.1, -0.05) is 32.9 Å². The lowest BCUT2D eigenvalue weighted by Crippen LogP contribution is -2.45. The van der Waals surface area contributed by atoms with E-state index in [0.717, 1.165) is 4.31 Å². The second-order valence-corrected chi connectivity index (χ2v) is 13.3. The predicted octanol–water partition coefficient (Wildman–Crippen LogP) is 2.81. The molecular formula is C14H21NO4SSi. The molecule has 0 radical (unpaired) electrons. The van der Waals surface area contributed by atoms with E-state index in [9.17, 15) is 13.2 Å². The number of amides is 1. The number of nitrogens with zero attached hydrogens (tertiary/aromatic N) is 1. The first kappa shape index (κ1) is 16.2. The Morgan fingerprint density at radius 2 is 1.76 bits per heavy atom. The van der Waals surface area contributed by atoms with Crippen molar-refractivity contribution in [3.05, 3.63) is 29.8 Å². The Kier molecular flexibility index (Phi) is 3.80. The lowest BCUT2D eigenvalue weighted by atomic mass is 10.2. The van der Waals surface area contributed by atoms with Crippen molar-refractivity contribution < 1.29 is 17.6 Å². The summed E-state index contributed by atoms with van der Waals surface area (Å²) in [5, 5.41) is -0.0492. The molecule has 0 saturated carbocycles. The molecule has 0 atom stereocenters. The van der Waals surface area contributed by atoms with Crippen molar-refractivity contribution >= 4 is 24.2 Å². The number of benzene rings is 1. The van der Waals surface area contributed by atoms with Gasteiger partial charge >= 0.3 is 0 Å². The van der Waals surface area contributed by atoms with Crippen molar-refractivity contribution in [1.82, 2.24) is 4.31 Å². The summed E-state index contributed by atoms with van der Waals surface area (Å²) in [4.78, 5) is 12.3. The highest BCUT2D eigenvalue weighted by Gasteiger charge is 2.44. The molecule has 0 spiro atoms. The zero-order valence-electron chi connectivity index (χ0n) is 13.0. The standard InChI is InChI=1S/C14H21NO4SSi/c1-14(2,3)21(4,5)19-10-15-13(16)11-8-6-7-9-12(11)20(15,17)18/h6-9H,10H2,1-5H3. The van der Waals surface area contributed by atoms with Crippen molar-refractivity contribution in [3.63, 3.8) is 0 Å². The maximum Gasteiger partial charge on any atom is 0.271 e. The van der Waals surface area contributed by atoms with Crippen LogP contribution in [0, 0.1) is 0 Å². The fourth-order valence-electron chi connectivity index (χ4n) is 1.79. The van der Waals surface area contributed by atoms with Crippen molar-refractivity contribution in [2.75, 3.05) is 6.73 Å². The number of hydrogen-bond donors (Lipinski definition) is 0. The van der Waals surface area contributed by atoms with Gasteiger partial charge in [0, 0.05) is 0 Å². The molecule has 1 amide bonds. The Hall–Kier alpha value is -1.18. The summed E-state index contributed by atoms with van der Waals surface area (Å²) in [5.41, 5.74) is 0.219. The number of carbonyl (C=O) groups excluding carboxylic acids is 1. The van der Waals surface area contributed by atoms with Gasteiger partial charge in [-0.3, -0.25) is 4.79 Å². The van der Waals surface area contributed by atoms with E-state index < -0.39 is 24.2 Å². The smallest absolute Gasteiger partial charge is 0.271 e. The summed E-state index contributed by atoms with van der Waals surface area (Å²) in [5.74, 6) is -0.510. The van der Waals surface area contributed by atoms with Crippen LogP contribution in [-0.4, -0.2) is 33.7 Å². The summed E-state index contributed by atoms with van der Waals surface area (Å²) in [7, 11) is -5.91. The molecule has 0 aliphatic carbocycles. The Morgan fingerprint density at radius 3 is 2.29 bits per heavy atom. The van der Waals surface area contributed by atoms with Gasteiger partial charge in [0.1, 0.15) is 11.6 Å². The number of sulfonamides is 1. The molecule has 2 rings (SSSR count). The Balaban J connectivity index is 2.27. The summed E-state index contributed by atoms with van der Waals surface area (Å²) in [6.45, 7) is 10.0. The maximum absolute atomic E-state index is 12.4. The maximum atomic E-state index is 12.4. The largest absolute Gasteiger partial charge is 0.398 e. The quantitative estimate of drug-likeness (QED) is 0.801. The predicted molar refractivity (Wildman–Crippen MR) is 82.9 cm³/mol. The summed E-state index contributed by atoms with van der Waals surface area (Å²) < 4.78 is 31.5. The molecule has 1 aromatic rings. The molecule has 7 heteroatoms. The SMILES string of the molecule is CC(C)(C)[Si](C)(C)OCN1C(=O)c2ccccc2S1(=O)=O. The van der Waals surface area contributed by atoms with E-state index in [-0.39, 0.29) is 22.2 Å². The van der Waals surface area contributed by atoms with Crippen molar-refractivity contribution in [2.24, 2.45) is 0 Å². The van der Waals surface area contributed by atoms with Gasteiger partial charge in [-0.05, 0) is 30.3 Å². The second kappa shape index (κ2) is 4.93. The van der Waals surface area contributed by atoms with Crippen LogP contribution in [0.5, 0.6) is 0 Å². The zero-order chi connectivity index (χ0) is 16.1. The highest BCUT2D eigenvalue weighted by Crippen LogP contribution is 2.37. The molecule has 0 saturated heterocycles. The van der Waals surface area contributed by atoms with Gasteiger partial charge in [-0.15, -0.1) is 0 Å². The molecule has 116 valence electrons. The fourth-order valence-corrected chi connectivity index (χ4v) is 4.20. The van der Waals surface area contributed by atoms with E-state index in [0.29, 0.717) is 0 Å². The van der Waals surface area contributed by atoms with E-state index in [1.165, 1.54) is 12.1 Å². The van der Waals surface area contributed by atoms with Gasteiger partial charge in [0.2, 0.25) is 0 Å². The van der Waals surface area contributed by atoms with Crippen LogP contribution in [0.4, 0.5) is 0 Å². The second-order valence-electron chi connectivity index (χ2n) is 6.69. The molecule has 0 bridgehead atoms. The van der Waals surface area contributed by atoms with Crippen LogP contribution in [0.1, 0.15) is 31.1 Å². The zero-order valence-corrected chi connectivity index (χ0v) is 14.8. The molecule has 1 heterocycles. The third-order valence-electron chi connectivity index (χ3n) is 4.26. The monoisotopic (exact) mass is 327 g/mol. The Morgan fingerprint density at radius 1 is 1.19 bits per heavy atom. The average molecular weight is 327 g/mol. The van der Waals surface area contributed by atoms with E-state index >= 15 is 0 Å². The van der Waals surface area contributed by atoms with Gasteiger partial charge in [-0.2, -0.15) is 0 Å². The van der Waals surface area contributed by atoms with Gasteiger partial charge in [0.15, 0.2) is 8.32 Å². The van der Waals surface area contributed by atoms with Crippen LogP contribution in [0.3, 0.4) is 0 Å². The Labute approximate surface area is 127 Å². The van der Waals surface area contributed by atoms with Gasteiger partial charge in [0.25, 0.3) is 15.9 Å². The van der Waals surface area contributed by atoms with Crippen LogP contribution >= 0.6 is 0 Å². The molecule has 0 fully saturated rings. The number of hydrogen-bond acceptors (Lipinski definition) is 4. The van der Waals surface area contributed by atoms with Crippen molar-refractivity contribution in [3.8, 4) is 0 Å². The minimum absolute atomic E-state index is 0.0492. The first-order valence-electron chi connectivity index (χ1n) is 6.78. The average Bonchev–Trinajstić information content (AvgIpc) is 2.55. The summed E-state index contributed by atoms with van der Waals surface area (Å²) in [6.07, 6.45) is 0. The van der Waals surface area contributed by atoms with E-state index in [4.69, 9.17) is 4.43 Å². The number of carbonyl (C=O) groups is 1. The molecular weight excluding hydrogens is 306 g/mol. The minimum atomic E-state index is -3.78. The highest BCUT2D eigenvalue weighted by atomic mass is 32.2. The molecule has 1 aliphatic rings. The first-order chi connectivity index (χ1) is 9.48.